The van der Waals surface area contributed by atoms with Gasteiger partial charge in [0.15, 0.2) is 6.10 Å². The molecule has 1 amide bonds. The van der Waals surface area contributed by atoms with Crippen molar-refractivity contribution in [2.45, 2.75) is 31.1 Å². The largest absolute Gasteiger partial charge is 1.00 e. The third kappa shape index (κ3) is 5.68. The summed E-state index contributed by atoms with van der Waals surface area (Å²) >= 11 is 0. The Kier molecular flexibility index (Phi) is 7.20. The van der Waals surface area contributed by atoms with E-state index < -0.39 is 24.1 Å². The molecule has 2 aromatic carbocycles. The Hall–Kier alpha value is -1.66. The Morgan fingerprint density at radius 2 is 1.40 bits per heavy atom. The van der Waals surface area contributed by atoms with Gasteiger partial charge in [-0.25, -0.2) is 0 Å². The topological polar surface area (TPSA) is 81.8 Å². The summed E-state index contributed by atoms with van der Waals surface area (Å²) in [6.45, 7) is 0. The number of amides is 1. The van der Waals surface area contributed by atoms with Crippen molar-refractivity contribution in [2.75, 3.05) is 0 Å². The molecule has 0 spiro atoms. The van der Waals surface area contributed by atoms with Gasteiger partial charge in [0.25, 0.3) is 5.91 Å². The zero-order valence-corrected chi connectivity index (χ0v) is 16.1. The maximum absolute atomic E-state index is 12.2. The van der Waals surface area contributed by atoms with E-state index in [1.807, 2.05) is 60.7 Å². The van der Waals surface area contributed by atoms with Crippen LogP contribution in [0.1, 0.15) is 11.1 Å². The molecule has 0 bridgehead atoms. The summed E-state index contributed by atoms with van der Waals surface area (Å²) < 4.78 is 4.87. The van der Waals surface area contributed by atoms with Crippen molar-refractivity contribution < 1.29 is 49.0 Å². The fourth-order valence-corrected chi connectivity index (χ4v) is 2.75. The zero-order chi connectivity index (χ0) is 16.9. The van der Waals surface area contributed by atoms with Crippen molar-refractivity contribution in [3.8, 4) is 0 Å². The average Bonchev–Trinajstić information content (AvgIpc) is 3.38. The predicted molar refractivity (Wildman–Crippen MR) is 85.9 cm³/mol. The van der Waals surface area contributed by atoms with Crippen LogP contribution in [-0.4, -0.2) is 30.1 Å². The Balaban J connectivity index is 0.00000225. The molecule has 2 aromatic rings. The van der Waals surface area contributed by atoms with E-state index in [1.54, 1.807) is 0 Å². The van der Waals surface area contributed by atoms with Crippen LogP contribution in [-0.2, 0) is 27.2 Å². The SMILES string of the molecule is O=C([O-])[C@H]1O[C@@H]1C(=O)NC(Cc1ccccc1)Cc1ccccc1.[Na+]. The summed E-state index contributed by atoms with van der Waals surface area (Å²) in [6, 6.07) is 19.5. The number of hydrogen-bond donors (Lipinski definition) is 1. The third-order valence-corrected chi connectivity index (χ3v) is 3.98. The maximum Gasteiger partial charge on any atom is 1.00 e. The van der Waals surface area contributed by atoms with E-state index in [0.29, 0.717) is 12.8 Å². The van der Waals surface area contributed by atoms with E-state index in [4.69, 9.17) is 4.74 Å². The minimum Gasteiger partial charge on any atom is -0.547 e. The number of carbonyl (C=O) groups is 2. The zero-order valence-electron chi connectivity index (χ0n) is 14.1. The van der Waals surface area contributed by atoms with Crippen molar-refractivity contribution >= 4 is 11.9 Å². The number of carbonyl (C=O) groups excluding carboxylic acids is 2. The number of ether oxygens (including phenoxy) is 1. The van der Waals surface area contributed by atoms with Crippen LogP contribution in [0.4, 0.5) is 0 Å². The molecule has 2 atom stereocenters. The normalized spacial score (nSPS) is 18.3. The summed E-state index contributed by atoms with van der Waals surface area (Å²) in [5.41, 5.74) is 2.21. The van der Waals surface area contributed by atoms with Gasteiger partial charge in [-0.15, -0.1) is 0 Å². The summed E-state index contributed by atoms with van der Waals surface area (Å²) in [4.78, 5) is 22.9. The van der Waals surface area contributed by atoms with E-state index >= 15 is 0 Å². The van der Waals surface area contributed by atoms with E-state index in [2.05, 4.69) is 5.32 Å². The van der Waals surface area contributed by atoms with Crippen molar-refractivity contribution in [2.24, 2.45) is 0 Å². The van der Waals surface area contributed by atoms with Gasteiger partial charge in [0, 0.05) is 6.04 Å². The predicted octanol–water partition coefficient (Wildman–Crippen LogP) is -2.52. The second-order valence-electron chi connectivity index (χ2n) is 5.88. The molecule has 25 heavy (non-hydrogen) atoms. The molecule has 1 heterocycles. The number of hydrogen-bond acceptors (Lipinski definition) is 4. The van der Waals surface area contributed by atoms with Gasteiger partial charge < -0.3 is 20.0 Å². The number of aliphatic carboxylic acids is 1. The summed E-state index contributed by atoms with van der Waals surface area (Å²) in [6.07, 6.45) is -0.753. The van der Waals surface area contributed by atoms with E-state index in [0.717, 1.165) is 11.1 Å². The molecule has 0 unspecified atom stereocenters. The number of rotatable bonds is 7. The number of nitrogens with one attached hydrogen (secondary N) is 1. The first-order valence-electron chi connectivity index (χ1n) is 7.88. The number of epoxide rings is 1. The van der Waals surface area contributed by atoms with Crippen molar-refractivity contribution in [1.29, 1.82) is 0 Å². The van der Waals surface area contributed by atoms with Crippen LogP contribution in [0.5, 0.6) is 0 Å². The smallest absolute Gasteiger partial charge is 0.547 e. The van der Waals surface area contributed by atoms with Crippen molar-refractivity contribution in [3.63, 3.8) is 0 Å². The maximum atomic E-state index is 12.2. The van der Waals surface area contributed by atoms with Gasteiger partial charge in [-0.2, -0.15) is 0 Å². The molecule has 6 heteroatoms. The molecule has 1 saturated heterocycles. The van der Waals surface area contributed by atoms with Crippen LogP contribution >= 0.6 is 0 Å². The quantitative estimate of drug-likeness (QED) is 0.443. The molecule has 0 aromatic heterocycles. The van der Waals surface area contributed by atoms with Crippen LogP contribution in [0.15, 0.2) is 60.7 Å². The van der Waals surface area contributed by atoms with E-state index in [1.165, 1.54) is 0 Å². The standard InChI is InChI=1S/C19H19NO4.Na/c21-18(16-17(24-16)19(22)23)20-15(11-13-7-3-1-4-8-13)12-14-9-5-2-6-10-14;/h1-10,15-17H,11-12H2,(H,20,21)(H,22,23);/q;+1/p-1/t16-,17-;/m0./s1. The van der Waals surface area contributed by atoms with Gasteiger partial charge in [-0.1, -0.05) is 60.7 Å². The monoisotopic (exact) mass is 347 g/mol. The van der Waals surface area contributed by atoms with Crippen LogP contribution < -0.4 is 40.0 Å². The molecular formula is C19H18NNaO4. The fourth-order valence-electron chi connectivity index (χ4n) is 2.75. The van der Waals surface area contributed by atoms with Gasteiger partial charge in [0.1, 0.15) is 6.10 Å². The molecule has 5 nitrogen and oxygen atoms in total. The molecule has 0 radical (unpaired) electrons. The van der Waals surface area contributed by atoms with Crippen LogP contribution in [0.2, 0.25) is 0 Å². The van der Waals surface area contributed by atoms with Gasteiger partial charge in [0.05, 0.1) is 5.97 Å². The van der Waals surface area contributed by atoms with Gasteiger partial charge in [0.2, 0.25) is 0 Å². The van der Waals surface area contributed by atoms with Crippen LogP contribution in [0.25, 0.3) is 0 Å². The molecule has 3 rings (SSSR count). The summed E-state index contributed by atoms with van der Waals surface area (Å²) in [5, 5.41) is 13.6. The molecule has 1 aliphatic rings. The number of carboxylic acid groups (broad SMARTS) is 1. The van der Waals surface area contributed by atoms with Gasteiger partial charge in [-0.05, 0) is 24.0 Å². The van der Waals surface area contributed by atoms with Gasteiger partial charge >= 0.3 is 29.6 Å². The Bertz CT molecular complexity index is 666. The van der Waals surface area contributed by atoms with Crippen LogP contribution in [0.3, 0.4) is 0 Å². The summed E-state index contributed by atoms with van der Waals surface area (Å²) in [7, 11) is 0. The first kappa shape index (κ1) is 19.7. The number of carboxylic acids is 1. The molecule has 1 aliphatic heterocycles. The second kappa shape index (κ2) is 9.15. The third-order valence-electron chi connectivity index (χ3n) is 3.98. The van der Waals surface area contributed by atoms with Crippen molar-refractivity contribution in [3.05, 3.63) is 71.8 Å². The van der Waals surface area contributed by atoms with E-state index in [-0.39, 0.29) is 35.6 Å². The van der Waals surface area contributed by atoms with Crippen LogP contribution in [0, 0.1) is 0 Å². The molecule has 1 N–H and O–H groups in total. The fraction of sp³-hybridized carbons (Fsp3) is 0.263. The molecule has 124 valence electrons. The average molecular weight is 347 g/mol. The first-order chi connectivity index (χ1) is 11.6. The minimum absolute atomic E-state index is 0. The van der Waals surface area contributed by atoms with Gasteiger partial charge in [-0.3, -0.25) is 4.79 Å². The number of benzene rings is 2. The minimum atomic E-state index is -1.35. The second-order valence-corrected chi connectivity index (χ2v) is 5.88. The molecule has 0 saturated carbocycles. The Labute approximate surface area is 168 Å². The molecule has 1 fully saturated rings. The first-order valence-corrected chi connectivity index (χ1v) is 7.88. The molecule has 0 aliphatic carbocycles. The van der Waals surface area contributed by atoms with Crippen molar-refractivity contribution in [1.82, 2.24) is 5.32 Å². The van der Waals surface area contributed by atoms with E-state index in [9.17, 15) is 14.7 Å². The Morgan fingerprint density at radius 1 is 0.920 bits per heavy atom. The summed E-state index contributed by atoms with van der Waals surface area (Å²) in [5.74, 6) is -1.75. The Morgan fingerprint density at radius 3 is 1.80 bits per heavy atom. The molecular weight excluding hydrogens is 329 g/mol.